The summed E-state index contributed by atoms with van der Waals surface area (Å²) in [4.78, 5) is 12.0. The number of nitrogens with zero attached hydrogens (tertiary/aromatic N) is 3. The Labute approximate surface area is 173 Å². The molecule has 0 unspecified atom stereocenters. The Morgan fingerprint density at radius 1 is 0.900 bits per heavy atom. The Morgan fingerprint density at radius 3 is 2.43 bits per heavy atom. The Kier molecular flexibility index (Phi) is 4.33. The van der Waals surface area contributed by atoms with Crippen LogP contribution in [-0.2, 0) is 10.0 Å². The molecule has 3 aromatic carbocycles. The van der Waals surface area contributed by atoms with E-state index in [1.165, 1.54) is 0 Å². The van der Waals surface area contributed by atoms with E-state index in [1.807, 2.05) is 36.4 Å². The molecule has 148 valence electrons. The van der Waals surface area contributed by atoms with Crippen LogP contribution in [0.15, 0.2) is 96.4 Å². The first kappa shape index (κ1) is 18.1. The number of benzene rings is 3. The molecular weight excluding hydrogens is 398 g/mol. The van der Waals surface area contributed by atoms with Crippen molar-refractivity contribution >= 4 is 26.7 Å². The number of hydrogen-bond donors (Lipinski definition) is 2. The van der Waals surface area contributed by atoms with E-state index in [2.05, 4.69) is 19.7 Å². The molecule has 5 rings (SSSR count). The average molecular weight is 415 g/mol. The summed E-state index contributed by atoms with van der Waals surface area (Å²) in [6.45, 7) is 0. The van der Waals surface area contributed by atoms with Crippen LogP contribution in [0.25, 0.3) is 28.1 Å². The first-order valence-corrected chi connectivity index (χ1v) is 10.7. The molecule has 0 aliphatic carbocycles. The molecule has 2 N–H and O–H groups in total. The van der Waals surface area contributed by atoms with Gasteiger partial charge in [-0.05, 0) is 48.5 Å². The molecule has 0 atom stereocenters. The molecule has 8 heteroatoms. The molecule has 2 heterocycles. The monoisotopic (exact) mass is 415 g/mol. The molecule has 0 amide bonds. The predicted molar refractivity (Wildman–Crippen MR) is 116 cm³/mol. The van der Waals surface area contributed by atoms with Gasteiger partial charge in [0.15, 0.2) is 0 Å². The number of para-hydroxylation sites is 3. The lowest BCUT2D eigenvalue weighted by molar-refractivity contribution is 0.601. The number of aromatic amines is 1. The summed E-state index contributed by atoms with van der Waals surface area (Å²) in [5, 5.41) is 0. The number of H-pyrrole nitrogens is 1. The minimum Gasteiger partial charge on any atom is -0.338 e. The summed E-state index contributed by atoms with van der Waals surface area (Å²) in [5.74, 6) is 0.602. The Balaban J connectivity index is 1.48. The molecule has 0 radical (unpaired) electrons. The van der Waals surface area contributed by atoms with E-state index in [0.717, 1.165) is 16.7 Å². The second-order valence-electron chi connectivity index (χ2n) is 6.72. The van der Waals surface area contributed by atoms with Gasteiger partial charge in [-0.2, -0.15) is 0 Å². The fourth-order valence-electron chi connectivity index (χ4n) is 3.27. The quantitative estimate of drug-likeness (QED) is 0.450. The zero-order valence-corrected chi connectivity index (χ0v) is 16.5. The SMILES string of the molecule is O=S(=O)(Nc1ccccc1-c1nc2ccccc2[nH]1)c1ccc(-n2ccnc2)cc1. The van der Waals surface area contributed by atoms with Gasteiger partial charge in [0.2, 0.25) is 0 Å². The van der Waals surface area contributed by atoms with Gasteiger partial charge in [-0.15, -0.1) is 0 Å². The molecular formula is C22H17N5O2S. The Morgan fingerprint density at radius 2 is 1.67 bits per heavy atom. The lowest BCUT2D eigenvalue weighted by Gasteiger charge is -2.12. The van der Waals surface area contributed by atoms with E-state index in [1.54, 1.807) is 59.7 Å². The van der Waals surface area contributed by atoms with Crippen LogP contribution in [0.2, 0.25) is 0 Å². The van der Waals surface area contributed by atoms with Crippen LogP contribution >= 0.6 is 0 Å². The molecule has 0 aliphatic rings. The van der Waals surface area contributed by atoms with Crippen molar-refractivity contribution in [2.24, 2.45) is 0 Å². The van der Waals surface area contributed by atoms with Crippen molar-refractivity contribution < 1.29 is 8.42 Å². The van der Waals surface area contributed by atoms with Crippen molar-refractivity contribution in [2.45, 2.75) is 4.90 Å². The summed E-state index contributed by atoms with van der Waals surface area (Å²) in [6.07, 6.45) is 5.12. The number of anilines is 1. The first-order valence-electron chi connectivity index (χ1n) is 9.25. The second kappa shape index (κ2) is 7.16. The van der Waals surface area contributed by atoms with Crippen LogP contribution in [0, 0.1) is 0 Å². The second-order valence-corrected chi connectivity index (χ2v) is 8.40. The average Bonchev–Trinajstić information content (AvgIpc) is 3.44. The standard InChI is InChI=1S/C22H17N5O2S/c28-30(29,17-11-9-16(10-12-17)27-14-13-23-15-27)26-19-6-2-1-5-18(19)22-24-20-7-3-4-8-21(20)25-22/h1-15,26H,(H,24,25). The van der Waals surface area contributed by atoms with Gasteiger partial charge in [0.25, 0.3) is 10.0 Å². The third kappa shape index (κ3) is 3.33. The van der Waals surface area contributed by atoms with Crippen molar-refractivity contribution in [2.75, 3.05) is 4.72 Å². The highest BCUT2D eigenvalue weighted by Gasteiger charge is 2.18. The molecule has 0 fully saturated rings. The van der Waals surface area contributed by atoms with Crippen LogP contribution in [0.4, 0.5) is 5.69 Å². The van der Waals surface area contributed by atoms with Crippen molar-refractivity contribution in [1.29, 1.82) is 0 Å². The van der Waals surface area contributed by atoms with Gasteiger partial charge in [-0.3, -0.25) is 4.72 Å². The summed E-state index contributed by atoms with van der Waals surface area (Å²) in [6, 6.07) is 21.5. The highest BCUT2D eigenvalue weighted by molar-refractivity contribution is 7.92. The minimum atomic E-state index is -3.78. The minimum absolute atomic E-state index is 0.172. The number of sulfonamides is 1. The van der Waals surface area contributed by atoms with Gasteiger partial charge < -0.3 is 9.55 Å². The van der Waals surface area contributed by atoms with E-state index >= 15 is 0 Å². The fraction of sp³-hybridized carbons (Fsp3) is 0. The zero-order valence-electron chi connectivity index (χ0n) is 15.7. The van der Waals surface area contributed by atoms with E-state index in [9.17, 15) is 8.42 Å². The third-order valence-electron chi connectivity index (χ3n) is 4.77. The smallest absolute Gasteiger partial charge is 0.261 e. The van der Waals surface area contributed by atoms with Gasteiger partial charge in [0, 0.05) is 23.6 Å². The van der Waals surface area contributed by atoms with Gasteiger partial charge in [-0.1, -0.05) is 24.3 Å². The number of rotatable bonds is 5. The van der Waals surface area contributed by atoms with Gasteiger partial charge >= 0.3 is 0 Å². The van der Waals surface area contributed by atoms with E-state index in [-0.39, 0.29) is 4.90 Å². The van der Waals surface area contributed by atoms with E-state index in [0.29, 0.717) is 17.1 Å². The lowest BCUT2D eigenvalue weighted by atomic mass is 10.2. The predicted octanol–water partition coefficient (Wildman–Crippen LogP) is 4.22. The van der Waals surface area contributed by atoms with Gasteiger partial charge in [-0.25, -0.2) is 18.4 Å². The van der Waals surface area contributed by atoms with Crippen LogP contribution in [-0.4, -0.2) is 27.9 Å². The highest BCUT2D eigenvalue weighted by Crippen LogP contribution is 2.29. The Hall–Kier alpha value is -3.91. The topological polar surface area (TPSA) is 92.7 Å². The fourth-order valence-corrected chi connectivity index (χ4v) is 4.35. The molecule has 0 spiro atoms. The number of fused-ring (bicyclic) bond motifs is 1. The normalized spacial score (nSPS) is 11.6. The third-order valence-corrected chi connectivity index (χ3v) is 6.15. The molecule has 0 bridgehead atoms. The van der Waals surface area contributed by atoms with Crippen LogP contribution in [0.1, 0.15) is 0 Å². The maximum atomic E-state index is 13.0. The van der Waals surface area contributed by atoms with E-state index in [4.69, 9.17) is 0 Å². The lowest BCUT2D eigenvalue weighted by Crippen LogP contribution is -2.13. The summed E-state index contributed by atoms with van der Waals surface area (Å²) < 4.78 is 30.5. The highest BCUT2D eigenvalue weighted by atomic mass is 32.2. The molecule has 2 aromatic heterocycles. The number of imidazole rings is 2. The molecule has 30 heavy (non-hydrogen) atoms. The number of hydrogen-bond acceptors (Lipinski definition) is 4. The number of aromatic nitrogens is 4. The largest absolute Gasteiger partial charge is 0.338 e. The molecule has 0 saturated carbocycles. The van der Waals surface area contributed by atoms with Crippen molar-refractivity contribution in [3.05, 3.63) is 91.5 Å². The first-order chi connectivity index (χ1) is 14.6. The van der Waals surface area contributed by atoms with Crippen molar-refractivity contribution in [1.82, 2.24) is 19.5 Å². The van der Waals surface area contributed by atoms with E-state index < -0.39 is 10.0 Å². The molecule has 7 nitrogen and oxygen atoms in total. The van der Waals surface area contributed by atoms with Gasteiger partial charge in [0.1, 0.15) is 5.82 Å². The maximum Gasteiger partial charge on any atom is 0.261 e. The maximum absolute atomic E-state index is 13.0. The van der Waals surface area contributed by atoms with Gasteiger partial charge in [0.05, 0.1) is 27.9 Å². The molecule has 5 aromatic rings. The molecule has 0 saturated heterocycles. The Bertz CT molecular complexity index is 1390. The van der Waals surface area contributed by atoms with Crippen molar-refractivity contribution in [3.63, 3.8) is 0 Å². The summed E-state index contributed by atoms with van der Waals surface area (Å²) in [7, 11) is -3.78. The van der Waals surface area contributed by atoms with Crippen molar-refractivity contribution in [3.8, 4) is 17.1 Å². The van der Waals surface area contributed by atoms with Crippen LogP contribution in [0.5, 0.6) is 0 Å². The zero-order chi connectivity index (χ0) is 20.6. The summed E-state index contributed by atoms with van der Waals surface area (Å²) in [5.41, 5.74) is 3.66. The summed E-state index contributed by atoms with van der Waals surface area (Å²) >= 11 is 0. The van der Waals surface area contributed by atoms with Crippen LogP contribution < -0.4 is 4.72 Å². The number of nitrogens with one attached hydrogen (secondary N) is 2. The van der Waals surface area contributed by atoms with Crippen LogP contribution in [0.3, 0.4) is 0 Å². The molecule has 0 aliphatic heterocycles.